The van der Waals surface area contributed by atoms with E-state index >= 15 is 8.78 Å². The average molecular weight is 595 g/mol. The topological polar surface area (TPSA) is 122 Å². The zero-order valence-corrected chi connectivity index (χ0v) is 24.3. The number of ether oxygens (including phenoxy) is 3. The molecular weight excluding hydrogens is 566 g/mol. The summed E-state index contributed by atoms with van der Waals surface area (Å²) < 4.78 is 48.5. The largest absolute Gasteiger partial charge is 0.462 e. The smallest absolute Gasteiger partial charge is 0.412 e. The lowest BCUT2D eigenvalue weighted by atomic mass is 9.94. The first-order valence-electron chi connectivity index (χ1n) is 13.5. The maximum Gasteiger partial charge on any atom is 0.412 e. The van der Waals surface area contributed by atoms with Crippen LogP contribution in [0.5, 0.6) is 6.01 Å². The number of aromatic nitrogens is 3. The minimum Gasteiger partial charge on any atom is -0.462 e. The molecule has 0 aliphatic carbocycles. The van der Waals surface area contributed by atoms with Crippen LogP contribution in [0.15, 0.2) is 12.4 Å². The van der Waals surface area contributed by atoms with Crippen LogP contribution < -0.4 is 10.1 Å². The highest BCUT2D eigenvalue weighted by Gasteiger charge is 2.31. The molecule has 0 unspecified atom stereocenters. The first-order valence-corrected chi connectivity index (χ1v) is 14.3. The Hall–Kier alpha value is -3.99. The van der Waals surface area contributed by atoms with Gasteiger partial charge in [0.1, 0.15) is 28.8 Å². The third-order valence-electron chi connectivity index (χ3n) is 7.39. The Morgan fingerprint density at radius 2 is 2.05 bits per heavy atom. The number of amides is 1. The van der Waals surface area contributed by atoms with Crippen molar-refractivity contribution in [3.63, 3.8) is 0 Å². The van der Waals surface area contributed by atoms with Gasteiger partial charge in [-0.15, -0.1) is 11.3 Å². The number of hydrogen-bond acceptors (Lipinski definition) is 10. The molecule has 1 amide bonds. The number of rotatable bonds is 5. The van der Waals surface area contributed by atoms with Gasteiger partial charge in [-0.05, 0) is 58.3 Å². The summed E-state index contributed by atoms with van der Waals surface area (Å²) in [4.78, 5) is 27.7. The van der Waals surface area contributed by atoms with Gasteiger partial charge in [-0.3, -0.25) is 10.3 Å². The molecule has 218 valence electrons. The molecule has 2 aliphatic rings. The molecule has 1 saturated heterocycles. The van der Waals surface area contributed by atoms with E-state index in [9.17, 15) is 10.1 Å². The van der Waals surface area contributed by atoms with Gasteiger partial charge in [0.05, 0.1) is 35.4 Å². The van der Waals surface area contributed by atoms with Crippen LogP contribution in [0.4, 0.5) is 18.6 Å². The van der Waals surface area contributed by atoms with Crippen molar-refractivity contribution in [2.45, 2.75) is 58.5 Å². The van der Waals surface area contributed by atoms with Crippen LogP contribution in [0, 0.1) is 23.0 Å². The van der Waals surface area contributed by atoms with E-state index in [1.165, 1.54) is 6.20 Å². The zero-order valence-electron chi connectivity index (χ0n) is 23.5. The predicted molar refractivity (Wildman–Crippen MR) is 152 cm³/mol. The molecule has 1 fully saturated rings. The lowest BCUT2D eigenvalue weighted by Crippen LogP contribution is -2.30. The molecule has 3 aromatic heterocycles. The molecule has 1 aromatic carbocycles. The van der Waals surface area contributed by atoms with E-state index in [2.05, 4.69) is 25.2 Å². The van der Waals surface area contributed by atoms with E-state index in [0.717, 1.165) is 36.9 Å². The fourth-order valence-electron chi connectivity index (χ4n) is 5.42. The fraction of sp³-hybridized carbons (Fsp3) is 0.414. The molecule has 1 N–H and O–H groups in total. The summed E-state index contributed by atoms with van der Waals surface area (Å²) in [5.41, 5.74) is 0.467. The van der Waals surface area contributed by atoms with Crippen LogP contribution in [0.1, 0.15) is 50.3 Å². The lowest BCUT2D eigenvalue weighted by Gasteiger charge is -2.19. The molecule has 0 saturated carbocycles. The van der Waals surface area contributed by atoms with Gasteiger partial charge in [0.25, 0.3) is 0 Å². The Bertz CT molecular complexity index is 1780. The van der Waals surface area contributed by atoms with Crippen molar-refractivity contribution in [2.24, 2.45) is 0 Å². The third kappa shape index (κ3) is 4.99. The van der Waals surface area contributed by atoms with E-state index < -0.39 is 23.3 Å². The number of halogens is 2. The number of nitriles is 1. The molecule has 4 aromatic rings. The number of benzene rings is 1. The van der Waals surface area contributed by atoms with Crippen molar-refractivity contribution in [1.82, 2.24) is 19.9 Å². The first kappa shape index (κ1) is 28.1. The van der Waals surface area contributed by atoms with Gasteiger partial charge in [0.2, 0.25) is 0 Å². The van der Waals surface area contributed by atoms with Gasteiger partial charge in [-0.25, -0.2) is 18.6 Å². The number of likely N-dealkylation sites (tertiary alicyclic amines) is 1. The molecule has 0 bridgehead atoms. The number of fused-ring (bicyclic) bond motifs is 4. The summed E-state index contributed by atoms with van der Waals surface area (Å²) in [5, 5.41) is 13.3. The van der Waals surface area contributed by atoms with Crippen molar-refractivity contribution >= 4 is 43.4 Å². The quantitative estimate of drug-likeness (QED) is 0.301. The van der Waals surface area contributed by atoms with E-state index in [0.29, 0.717) is 23.1 Å². The van der Waals surface area contributed by atoms with Gasteiger partial charge >= 0.3 is 12.1 Å². The molecular formula is C29H28F2N6O4S. The van der Waals surface area contributed by atoms with Crippen LogP contribution in [-0.2, 0) is 22.7 Å². The van der Waals surface area contributed by atoms with E-state index in [-0.39, 0.29) is 62.7 Å². The van der Waals surface area contributed by atoms with Crippen molar-refractivity contribution in [1.29, 1.82) is 5.26 Å². The number of carbonyl (C=O) groups excluding carboxylic acids is 1. The molecule has 5 heterocycles. The maximum absolute atomic E-state index is 16.5. The highest BCUT2D eigenvalue weighted by atomic mass is 32.1. The van der Waals surface area contributed by atoms with Crippen molar-refractivity contribution in [3.8, 4) is 23.3 Å². The standard InChI is InChI=1S/C29H28F2N6O4S/c1-29(2,3)41-28(38)36-26-15(8-32)21-24(33-10-19(30)25(21)42-26)20-18-13-39-12-17(18)16-9-34-27(35-23(16)22(20)31)40-11-14-6-5-7-37(14)4/h9-10,14H,5-7,11-13H2,1-4H3,(H,36,38)/t14-/m0/s1. The first-order chi connectivity index (χ1) is 20.1. The summed E-state index contributed by atoms with van der Waals surface area (Å²) in [6.07, 6.45) is 3.77. The molecule has 6 rings (SSSR count). The second kappa shape index (κ2) is 10.7. The Labute approximate surface area is 244 Å². The average Bonchev–Trinajstić information content (AvgIpc) is 3.66. The van der Waals surface area contributed by atoms with Crippen molar-refractivity contribution < 1.29 is 27.8 Å². The molecule has 2 aliphatic heterocycles. The summed E-state index contributed by atoms with van der Waals surface area (Å²) in [5.74, 6) is -1.42. The van der Waals surface area contributed by atoms with Crippen LogP contribution in [-0.4, -0.2) is 57.8 Å². The van der Waals surface area contributed by atoms with Crippen LogP contribution >= 0.6 is 11.3 Å². The van der Waals surface area contributed by atoms with Gasteiger partial charge in [-0.2, -0.15) is 10.2 Å². The zero-order chi connectivity index (χ0) is 29.8. The third-order valence-corrected chi connectivity index (χ3v) is 8.50. The van der Waals surface area contributed by atoms with Crippen LogP contribution in [0.25, 0.3) is 32.2 Å². The second-order valence-electron chi connectivity index (χ2n) is 11.3. The Kier molecular flexibility index (Phi) is 7.16. The number of likely N-dealkylation sites (N-methyl/N-ethyl adjacent to an activating group) is 1. The minimum atomic E-state index is -0.806. The highest BCUT2D eigenvalue weighted by molar-refractivity contribution is 7.23. The SMILES string of the molecule is CN1CCC[C@H]1COc1ncc2c3c(c(-c4ncc(F)c5sc(NC(=O)OC(C)(C)C)c(C#N)c45)c(F)c2n1)COC3. The second-order valence-corrected chi connectivity index (χ2v) is 12.4. The van der Waals surface area contributed by atoms with E-state index in [1.807, 2.05) is 13.1 Å². The molecule has 42 heavy (non-hydrogen) atoms. The van der Waals surface area contributed by atoms with E-state index in [4.69, 9.17) is 14.2 Å². The Morgan fingerprint density at radius 1 is 1.26 bits per heavy atom. The number of anilines is 1. The van der Waals surface area contributed by atoms with Crippen LogP contribution in [0.2, 0.25) is 0 Å². The summed E-state index contributed by atoms with van der Waals surface area (Å²) in [7, 11) is 2.03. The molecule has 13 heteroatoms. The van der Waals surface area contributed by atoms with Gasteiger partial charge < -0.3 is 19.1 Å². The lowest BCUT2D eigenvalue weighted by molar-refractivity contribution is 0.0636. The Morgan fingerprint density at radius 3 is 2.76 bits per heavy atom. The Balaban J connectivity index is 1.49. The van der Waals surface area contributed by atoms with E-state index in [1.54, 1.807) is 20.8 Å². The fourth-order valence-corrected chi connectivity index (χ4v) is 6.46. The van der Waals surface area contributed by atoms with Gasteiger partial charge in [0.15, 0.2) is 11.6 Å². The summed E-state index contributed by atoms with van der Waals surface area (Å²) in [6, 6.07) is 2.30. The van der Waals surface area contributed by atoms with Crippen molar-refractivity contribution in [2.75, 3.05) is 25.5 Å². The number of pyridine rings is 1. The monoisotopic (exact) mass is 594 g/mol. The molecule has 1 atom stereocenters. The highest BCUT2D eigenvalue weighted by Crippen LogP contribution is 2.45. The van der Waals surface area contributed by atoms with Gasteiger partial charge in [-0.1, -0.05) is 0 Å². The summed E-state index contributed by atoms with van der Waals surface area (Å²) in [6.45, 7) is 6.73. The molecule has 0 spiro atoms. The number of nitrogens with one attached hydrogen (secondary N) is 1. The molecule has 0 radical (unpaired) electrons. The predicted octanol–water partition coefficient (Wildman–Crippen LogP) is 5.91. The minimum absolute atomic E-state index is 0.0131. The maximum atomic E-state index is 16.5. The number of nitrogens with zero attached hydrogens (tertiary/aromatic N) is 5. The number of carbonyl (C=O) groups is 1. The normalized spacial score (nSPS) is 17.0. The number of hydrogen-bond donors (Lipinski definition) is 1. The van der Waals surface area contributed by atoms with Crippen molar-refractivity contribution in [3.05, 3.63) is 40.7 Å². The molecule has 10 nitrogen and oxygen atoms in total. The van der Waals surface area contributed by atoms with Gasteiger partial charge in [0, 0.05) is 28.6 Å². The van der Waals surface area contributed by atoms with Crippen LogP contribution in [0.3, 0.4) is 0 Å². The summed E-state index contributed by atoms with van der Waals surface area (Å²) >= 11 is 0.849. The number of thiophene rings is 1.